The topological polar surface area (TPSA) is 98.6 Å². The molecule has 0 aliphatic carbocycles. The Bertz CT molecular complexity index is 1700. The molecule has 0 bridgehead atoms. The van der Waals surface area contributed by atoms with Crippen molar-refractivity contribution < 1.29 is 9.53 Å². The fourth-order valence-electron chi connectivity index (χ4n) is 4.68. The lowest BCUT2D eigenvalue weighted by Crippen LogP contribution is -2.06. The SMILES string of the molecule is Cc1nn(-c2ccccc2)c2sc(C(=O)Oc3ccc(/C=C(\C#N)c4nnc5n4CCCCC5)cc3)cc12. The maximum Gasteiger partial charge on any atom is 0.353 e. The van der Waals surface area contributed by atoms with Crippen LogP contribution in [0.3, 0.4) is 0 Å². The Labute approximate surface area is 223 Å². The molecule has 8 nitrogen and oxygen atoms in total. The number of aryl methyl sites for hydroxylation is 2. The predicted molar refractivity (Wildman–Crippen MR) is 146 cm³/mol. The third-order valence-electron chi connectivity index (χ3n) is 6.62. The van der Waals surface area contributed by atoms with E-state index in [2.05, 4.69) is 25.9 Å². The van der Waals surface area contributed by atoms with E-state index in [-0.39, 0.29) is 0 Å². The number of esters is 1. The molecule has 38 heavy (non-hydrogen) atoms. The van der Waals surface area contributed by atoms with Gasteiger partial charge in [0.15, 0.2) is 5.82 Å². The van der Waals surface area contributed by atoms with Gasteiger partial charge in [-0.1, -0.05) is 36.8 Å². The molecule has 0 atom stereocenters. The average molecular weight is 521 g/mol. The summed E-state index contributed by atoms with van der Waals surface area (Å²) in [5.41, 5.74) is 3.07. The Morgan fingerprint density at radius 2 is 1.89 bits per heavy atom. The molecule has 0 unspecified atom stereocenters. The van der Waals surface area contributed by atoms with Crippen LogP contribution >= 0.6 is 11.3 Å². The summed E-state index contributed by atoms with van der Waals surface area (Å²) >= 11 is 1.36. The molecule has 1 aliphatic heterocycles. The summed E-state index contributed by atoms with van der Waals surface area (Å²) in [5.74, 6) is 1.56. The Morgan fingerprint density at radius 1 is 1.08 bits per heavy atom. The van der Waals surface area contributed by atoms with Gasteiger partial charge < -0.3 is 9.30 Å². The van der Waals surface area contributed by atoms with Gasteiger partial charge in [0, 0.05) is 18.4 Å². The van der Waals surface area contributed by atoms with Crippen LogP contribution in [-0.2, 0) is 13.0 Å². The summed E-state index contributed by atoms with van der Waals surface area (Å²) in [6.07, 6.45) is 5.98. The number of hydrogen-bond acceptors (Lipinski definition) is 7. The Morgan fingerprint density at radius 3 is 2.68 bits per heavy atom. The van der Waals surface area contributed by atoms with E-state index in [4.69, 9.17) is 4.74 Å². The standard InChI is InChI=1S/C29H24N6O2S/c1-19-24-17-25(38-28(24)35(33-19)22-8-4-2-5-9-22)29(36)37-23-13-11-20(12-14-23)16-21(18-30)27-32-31-26-10-6-3-7-15-34(26)27/h2,4-5,8-9,11-14,16-17H,3,6-7,10,15H2,1H3/b21-16+. The van der Waals surface area contributed by atoms with Crippen molar-refractivity contribution in [2.24, 2.45) is 0 Å². The van der Waals surface area contributed by atoms with Gasteiger partial charge in [-0.05, 0) is 61.7 Å². The van der Waals surface area contributed by atoms with Gasteiger partial charge in [0.05, 0.1) is 17.0 Å². The van der Waals surface area contributed by atoms with Crippen molar-refractivity contribution in [1.29, 1.82) is 5.26 Å². The molecular weight excluding hydrogens is 496 g/mol. The van der Waals surface area contributed by atoms with Crippen LogP contribution in [0.4, 0.5) is 0 Å². The maximum atomic E-state index is 13.0. The van der Waals surface area contributed by atoms with Crippen LogP contribution in [0.15, 0.2) is 60.7 Å². The van der Waals surface area contributed by atoms with Crippen LogP contribution < -0.4 is 4.74 Å². The minimum atomic E-state index is -0.419. The third-order valence-corrected chi connectivity index (χ3v) is 7.71. The molecule has 1 aliphatic rings. The summed E-state index contributed by atoms with van der Waals surface area (Å²) in [7, 11) is 0. The molecule has 3 aromatic heterocycles. The van der Waals surface area contributed by atoms with Crippen LogP contribution in [0.1, 0.15) is 51.8 Å². The van der Waals surface area contributed by atoms with Crippen molar-refractivity contribution >= 4 is 39.2 Å². The number of nitrogens with zero attached hydrogens (tertiary/aromatic N) is 6. The van der Waals surface area contributed by atoms with Crippen LogP contribution in [0, 0.1) is 18.3 Å². The molecule has 6 rings (SSSR count). The van der Waals surface area contributed by atoms with E-state index in [0.717, 1.165) is 65.2 Å². The normalized spacial score (nSPS) is 13.6. The number of carbonyl (C=O) groups is 1. The zero-order valence-electron chi connectivity index (χ0n) is 20.8. The molecule has 2 aromatic carbocycles. The first-order valence-corrected chi connectivity index (χ1v) is 13.3. The highest BCUT2D eigenvalue weighted by Crippen LogP contribution is 2.31. The number of ether oxygens (including phenoxy) is 1. The second kappa shape index (κ2) is 10.1. The van der Waals surface area contributed by atoms with Gasteiger partial charge in [0.2, 0.25) is 0 Å². The highest BCUT2D eigenvalue weighted by molar-refractivity contribution is 7.20. The van der Waals surface area contributed by atoms with Gasteiger partial charge in [-0.2, -0.15) is 10.4 Å². The minimum Gasteiger partial charge on any atom is -0.422 e. The van der Waals surface area contributed by atoms with Crippen molar-refractivity contribution in [2.45, 2.75) is 39.2 Å². The zero-order valence-corrected chi connectivity index (χ0v) is 21.6. The number of rotatable bonds is 5. The van der Waals surface area contributed by atoms with Crippen LogP contribution in [0.2, 0.25) is 0 Å². The highest BCUT2D eigenvalue weighted by Gasteiger charge is 2.20. The first-order chi connectivity index (χ1) is 18.6. The number of para-hydroxylation sites is 1. The largest absolute Gasteiger partial charge is 0.422 e. The lowest BCUT2D eigenvalue weighted by Gasteiger charge is -2.06. The summed E-state index contributed by atoms with van der Waals surface area (Å²) < 4.78 is 9.57. The number of hydrogen-bond donors (Lipinski definition) is 0. The van der Waals surface area contributed by atoms with Crippen molar-refractivity contribution in [2.75, 3.05) is 0 Å². The van der Waals surface area contributed by atoms with Crippen LogP contribution in [0.5, 0.6) is 5.75 Å². The molecule has 188 valence electrons. The summed E-state index contributed by atoms with van der Waals surface area (Å²) in [6.45, 7) is 2.76. The lowest BCUT2D eigenvalue weighted by atomic mass is 10.1. The molecule has 4 heterocycles. The molecule has 0 radical (unpaired) electrons. The Balaban J connectivity index is 1.21. The van der Waals surface area contributed by atoms with E-state index in [0.29, 0.717) is 22.0 Å². The number of nitriles is 1. The van der Waals surface area contributed by atoms with Crippen LogP contribution in [0.25, 0.3) is 27.6 Å². The van der Waals surface area contributed by atoms with Gasteiger partial charge in [-0.25, -0.2) is 9.48 Å². The summed E-state index contributed by atoms with van der Waals surface area (Å²) in [6, 6.07) is 21.0. The van der Waals surface area contributed by atoms with Gasteiger partial charge >= 0.3 is 5.97 Å². The van der Waals surface area contributed by atoms with Gasteiger partial charge in [-0.15, -0.1) is 21.5 Å². The molecule has 0 N–H and O–H groups in total. The van der Waals surface area contributed by atoms with Gasteiger partial charge in [0.1, 0.15) is 27.4 Å². The zero-order chi connectivity index (χ0) is 26.1. The summed E-state index contributed by atoms with van der Waals surface area (Å²) in [5, 5.41) is 24.0. The second-order valence-corrected chi connectivity index (χ2v) is 10.2. The predicted octanol–water partition coefficient (Wildman–Crippen LogP) is 6.00. The number of fused-ring (bicyclic) bond motifs is 2. The molecule has 9 heteroatoms. The summed E-state index contributed by atoms with van der Waals surface area (Å²) in [4.78, 5) is 14.4. The Hall–Kier alpha value is -4.55. The minimum absolute atomic E-state index is 0.419. The first-order valence-electron chi connectivity index (χ1n) is 12.5. The van der Waals surface area contributed by atoms with E-state index < -0.39 is 5.97 Å². The fourth-order valence-corrected chi connectivity index (χ4v) is 5.74. The molecule has 0 amide bonds. The number of benzene rings is 2. The molecular formula is C29H24N6O2S. The smallest absolute Gasteiger partial charge is 0.353 e. The highest BCUT2D eigenvalue weighted by atomic mass is 32.1. The van der Waals surface area contributed by atoms with Gasteiger partial charge in [-0.3, -0.25) is 0 Å². The van der Waals surface area contributed by atoms with E-state index >= 15 is 0 Å². The number of carbonyl (C=O) groups excluding carboxylic acids is 1. The van der Waals surface area contributed by atoms with E-state index in [9.17, 15) is 10.1 Å². The number of allylic oxidation sites excluding steroid dienone is 1. The van der Waals surface area contributed by atoms with Crippen molar-refractivity contribution in [3.63, 3.8) is 0 Å². The van der Waals surface area contributed by atoms with E-state index in [1.165, 1.54) is 11.3 Å². The van der Waals surface area contributed by atoms with Crippen molar-refractivity contribution in [3.05, 3.63) is 88.4 Å². The monoisotopic (exact) mass is 520 g/mol. The van der Waals surface area contributed by atoms with Crippen LogP contribution in [-0.4, -0.2) is 30.5 Å². The van der Waals surface area contributed by atoms with Gasteiger partial charge in [0.25, 0.3) is 0 Å². The lowest BCUT2D eigenvalue weighted by molar-refractivity contribution is 0.0740. The quantitative estimate of drug-likeness (QED) is 0.160. The second-order valence-electron chi connectivity index (χ2n) is 9.19. The maximum absolute atomic E-state index is 13.0. The fraction of sp³-hybridized carbons (Fsp3) is 0.207. The van der Waals surface area contributed by atoms with E-state index in [1.54, 1.807) is 18.2 Å². The third kappa shape index (κ3) is 4.51. The van der Waals surface area contributed by atoms with Crippen molar-refractivity contribution in [1.82, 2.24) is 24.5 Å². The molecule has 0 saturated carbocycles. The first kappa shape index (κ1) is 23.8. The number of aromatic nitrogens is 5. The molecule has 0 spiro atoms. The molecule has 5 aromatic rings. The Kier molecular flexibility index (Phi) is 6.32. The molecule has 0 fully saturated rings. The van der Waals surface area contributed by atoms with Crippen molar-refractivity contribution in [3.8, 4) is 17.5 Å². The average Bonchev–Trinajstić information content (AvgIpc) is 3.59. The van der Waals surface area contributed by atoms with E-state index in [1.807, 2.05) is 60.1 Å². The number of thiophene rings is 1. The molecule has 0 saturated heterocycles.